The molecule has 0 N–H and O–H groups in total. The lowest BCUT2D eigenvalue weighted by Crippen LogP contribution is -1.87. The average Bonchev–Trinajstić information content (AvgIpc) is 2.62. The Hall–Kier alpha value is -0.560. The highest BCUT2D eigenvalue weighted by Crippen LogP contribution is 2.29. The third-order valence-electron chi connectivity index (χ3n) is 3.25. The number of aromatic nitrogens is 4. The van der Waals surface area contributed by atoms with E-state index < -0.39 is 0 Å². The molecule has 2 aromatic heterocycles. The summed E-state index contributed by atoms with van der Waals surface area (Å²) in [6.45, 7) is 0. The topological polar surface area (TPSA) is 51.6 Å². The van der Waals surface area contributed by atoms with Crippen LogP contribution in [0.1, 0.15) is 0 Å². The first-order valence-corrected chi connectivity index (χ1v) is 10.1. The first kappa shape index (κ1) is 22.1. The fourth-order valence-corrected chi connectivity index (χ4v) is 3.18. The molecule has 28 heavy (non-hydrogen) atoms. The van der Waals surface area contributed by atoms with Gasteiger partial charge in [-0.1, -0.05) is 92.8 Å². The van der Waals surface area contributed by atoms with Gasteiger partial charge in [-0.25, -0.2) is 19.9 Å². The lowest BCUT2D eigenvalue weighted by atomic mass is 10.3. The smallest absolute Gasteiger partial charge is 0.167 e. The molecule has 144 valence electrons. The second-order valence-corrected chi connectivity index (χ2v) is 8.18. The van der Waals surface area contributed by atoms with Crippen molar-refractivity contribution >= 4 is 115 Å². The van der Waals surface area contributed by atoms with Gasteiger partial charge in [0.2, 0.25) is 0 Å². The van der Waals surface area contributed by atoms with Crippen molar-refractivity contribution in [2.45, 2.75) is 0 Å². The van der Waals surface area contributed by atoms with Crippen molar-refractivity contribution in [1.82, 2.24) is 19.9 Å². The standard InChI is InChI=1S/2C8H2Cl4N2/c2*9-3-1-5-6(2-4(3)10)14-8(12)7(11)13-5/h2*1-2H. The predicted octanol–water partition coefficient (Wildman–Crippen LogP) is 8.49. The van der Waals surface area contributed by atoms with Crippen molar-refractivity contribution in [1.29, 1.82) is 0 Å². The van der Waals surface area contributed by atoms with E-state index >= 15 is 0 Å². The van der Waals surface area contributed by atoms with Crippen LogP contribution in [-0.4, -0.2) is 19.9 Å². The highest BCUT2D eigenvalue weighted by Gasteiger charge is 2.08. The number of fused-ring (bicyclic) bond motifs is 2. The number of halogens is 8. The minimum Gasteiger partial charge on any atom is -0.231 e. The van der Waals surface area contributed by atoms with Gasteiger partial charge in [0.1, 0.15) is 0 Å². The summed E-state index contributed by atoms with van der Waals surface area (Å²) in [7, 11) is 0. The van der Waals surface area contributed by atoms with Crippen LogP contribution in [0.5, 0.6) is 0 Å². The molecule has 12 heteroatoms. The highest BCUT2D eigenvalue weighted by atomic mass is 35.5. The lowest BCUT2D eigenvalue weighted by Gasteiger charge is -2.01. The Morgan fingerprint density at radius 1 is 0.357 bits per heavy atom. The molecule has 0 aliphatic rings. The summed E-state index contributed by atoms with van der Waals surface area (Å²) >= 11 is 46.0. The molecule has 0 fully saturated rings. The van der Waals surface area contributed by atoms with Crippen molar-refractivity contribution in [3.8, 4) is 0 Å². The first-order chi connectivity index (χ1) is 13.2. The molecule has 0 radical (unpaired) electrons. The lowest BCUT2D eigenvalue weighted by molar-refractivity contribution is 1.29. The van der Waals surface area contributed by atoms with Gasteiger partial charge in [-0.2, -0.15) is 0 Å². The first-order valence-electron chi connectivity index (χ1n) is 7.11. The summed E-state index contributed by atoms with van der Waals surface area (Å²) in [6.07, 6.45) is 0. The van der Waals surface area contributed by atoms with Gasteiger partial charge in [-0.05, 0) is 24.3 Å². The van der Waals surface area contributed by atoms with E-state index in [1.54, 1.807) is 24.3 Å². The summed E-state index contributed by atoms with van der Waals surface area (Å²) < 4.78 is 0. The molecule has 0 unspecified atom stereocenters. The Labute approximate surface area is 198 Å². The average molecular weight is 536 g/mol. The van der Waals surface area contributed by atoms with Crippen LogP contribution in [0.25, 0.3) is 22.1 Å². The molecular formula is C16H4Cl8N4. The van der Waals surface area contributed by atoms with Gasteiger partial charge < -0.3 is 0 Å². The molecule has 0 amide bonds. The van der Waals surface area contributed by atoms with E-state index in [2.05, 4.69) is 19.9 Å². The number of nitrogens with zero attached hydrogens (tertiary/aromatic N) is 4. The van der Waals surface area contributed by atoms with E-state index in [-0.39, 0.29) is 20.6 Å². The van der Waals surface area contributed by atoms with Crippen LogP contribution >= 0.6 is 92.8 Å². The molecule has 4 aromatic rings. The van der Waals surface area contributed by atoms with Crippen LogP contribution in [0.4, 0.5) is 0 Å². The summed E-state index contributed by atoms with van der Waals surface area (Å²) in [4.78, 5) is 16.0. The van der Waals surface area contributed by atoms with Crippen LogP contribution in [0.3, 0.4) is 0 Å². The normalized spacial score (nSPS) is 10.9. The monoisotopic (exact) mass is 532 g/mol. The van der Waals surface area contributed by atoms with Crippen molar-refractivity contribution in [3.63, 3.8) is 0 Å². The fraction of sp³-hybridized carbons (Fsp3) is 0. The molecule has 2 heterocycles. The van der Waals surface area contributed by atoms with Crippen molar-refractivity contribution in [2.24, 2.45) is 0 Å². The van der Waals surface area contributed by atoms with Gasteiger partial charge in [0.05, 0.1) is 42.2 Å². The molecule has 0 atom stereocenters. The van der Waals surface area contributed by atoms with Crippen molar-refractivity contribution < 1.29 is 0 Å². The Morgan fingerprint density at radius 3 is 0.714 bits per heavy atom. The van der Waals surface area contributed by atoms with E-state index in [9.17, 15) is 0 Å². The second kappa shape index (κ2) is 9.07. The van der Waals surface area contributed by atoms with Crippen LogP contribution in [0.15, 0.2) is 24.3 Å². The van der Waals surface area contributed by atoms with Gasteiger partial charge in [0.15, 0.2) is 20.6 Å². The van der Waals surface area contributed by atoms with E-state index in [1.165, 1.54) is 0 Å². The molecule has 4 rings (SSSR count). The molecule has 0 aliphatic heterocycles. The summed E-state index contributed by atoms with van der Waals surface area (Å²) in [6, 6.07) is 6.37. The zero-order valence-electron chi connectivity index (χ0n) is 13.1. The summed E-state index contributed by atoms with van der Waals surface area (Å²) in [5.41, 5.74) is 2.25. The third-order valence-corrected chi connectivity index (χ3v) is 5.94. The second-order valence-electron chi connectivity index (χ2n) is 5.12. The maximum absolute atomic E-state index is 5.80. The van der Waals surface area contributed by atoms with Crippen molar-refractivity contribution in [3.05, 3.63) is 65.0 Å². The molecule has 4 nitrogen and oxygen atoms in total. The molecule has 0 saturated carbocycles. The van der Waals surface area contributed by atoms with Gasteiger partial charge >= 0.3 is 0 Å². The minimum atomic E-state index is 0.151. The number of hydrogen-bond donors (Lipinski definition) is 0. The Bertz CT molecular complexity index is 941. The Morgan fingerprint density at radius 2 is 0.536 bits per heavy atom. The van der Waals surface area contributed by atoms with Gasteiger partial charge in [-0.3, -0.25) is 0 Å². The Kier molecular flexibility index (Phi) is 7.17. The van der Waals surface area contributed by atoms with Crippen LogP contribution < -0.4 is 0 Å². The molecule has 0 spiro atoms. The van der Waals surface area contributed by atoms with Gasteiger partial charge in [-0.15, -0.1) is 0 Å². The largest absolute Gasteiger partial charge is 0.231 e. The van der Waals surface area contributed by atoms with Gasteiger partial charge in [0.25, 0.3) is 0 Å². The number of benzene rings is 2. The molecule has 0 saturated heterocycles. The maximum atomic E-state index is 5.80. The van der Waals surface area contributed by atoms with Crippen LogP contribution in [-0.2, 0) is 0 Å². The SMILES string of the molecule is Clc1cc2nc(Cl)c(Cl)nc2cc1Cl.Clc1cc2nc(Cl)c(Cl)nc2cc1Cl. The predicted molar refractivity (Wildman–Crippen MR) is 119 cm³/mol. The Balaban J connectivity index is 0.000000161. The maximum Gasteiger partial charge on any atom is 0.167 e. The molecule has 0 aliphatic carbocycles. The van der Waals surface area contributed by atoms with E-state index in [0.717, 1.165) is 0 Å². The third kappa shape index (κ3) is 4.94. The van der Waals surface area contributed by atoms with E-state index in [4.69, 9.17) is 92.8 Å². The highest BCUT2D eigenvalue weighted by molar-refractivity contribution is 6.44. The number of rotatable bonds is 0. The quantitative estimate of drug-likeness (QED) is 0.226. The van der Waals surface area contributed by atoms with Crippen LogP contribution in [0.2, 0.25) is 40.7 Å². The zero-order valence-corrected chi connectivity index (χ0v) is 19.2. The summed E-state index contributed by atoms with van der Waals surface area (Å²) in [5.74, 6) is 0. The zero-order chi connectivity index (χ0) is 20.6. The van der Waals surface area contributed by atoms with E-state index in [1.807, 2.05) is 0 Å². The molecular weight excluding hydrogens is 532 g/mol. The summed E-state index contributed by atoms with van der Waals surface area (Å²) in [5, 5.41) is 2.24. The number of hydrogen-bond acceptors (Lipinski definition) is 4. The van der Waals surface area contributed by atoms with Crippen LogP contribution in [0, 0.1) is 0 Å². The van der Waals surface area contributed by atoms with E-state index in [0.29, 0.717) is 42.2 Å². The molecule has 0 bridgehead atoms. The fourth-order valence-electron chi connectivity index (χ4n) is 2.02. The minimum absolute atomic E-state index is 0.151. The van der Waals surface area contributed by atoms with Crippen molar-refractivity contribution in [2.75, 3.05) is 0 Å². The van der Waals surface area contributed by atoms with Gasteiger partial charge in [0, 0.05) is 0 Å². The molecule has 2 aromatic carbocycles.